The summed E-state index contributed by atoms with van der Waals surface area (Å²) in [5, 5.41) is 0. The number of Topliss-reactive ketones (excluding diaryl/α,β-unsaturated/α-hetero) is 1. The monoisotopic (exact) mass is 294 g/mol. The number of unbranched alkanes of at least 4 members (excludes halogenated alkanes) is 5. The summed E-state index contributed by atoms with van der Waals surface area (Å²) in [6, 6.07) is 1.02. The molecule has 0 aromatic carbocycles. The van der Waals surface area contributed by atoms with Gasteiger partial charge in [0.1, 0.15) is 5.56 Å². The third-order valence-corrected chi connectivity index (χ3v) is 3.27. The van der Waals surface area contributed by atoms with Crippen molar-refractivity contribution in [2.45, 2.75) is 51.9 Å². The van der Waals surface area contributed by atoms with Crippen LogP contribution in [0.4, 0.5) is 0 Å². The second-order valence-electron chi connectivity index (χ2n) is 4.94. The fourth-order valence-corrected chi connectivity index (χ4v) is 2.13. The van der Waals surface area contributed by atoms with Gasteiger partial charge in [-0.15, -0.1) is 0 Å². The van der Waals surface area contributed by atoms with E-state index in [1.165, 1.54) is 26.4 Å². The molecule has 0 atom stereocenters. The van der Waals surface area contributed by atoms with E-state index < -0.39 is 5.43 Å². The summed E-state index contributed by atoms with van der Waals surface area (Å²) in [4.78, 5) is 34.6. The quantitative estimate of drug-likeness (QED) is 0.375. The van der Waals surface area contributed by atoms with Crippen molar-refractivity contribution in [1.82, 2.24) is 0 Å². The Morgan fingerprint density at radius 1 is 1.24 bits per heavy atom. The molecular weight excluding hydrogens is 272 g/mol. The molecule has 5 nitrogen and oxygen atoms in total. The molecule has 0 fully saturated rings. The predicted octanol–water partition coefficient (Wildman–Crippen LogP) is 3.39. The van der Waals surface area contributed by atoms with Gasteiger partial charge in [0.2, 0.25) is 0 Å². The van der Waals surface area contributed by atoms with Crippen LogP contribution in [-0.2, 0) is 0 Å². The number of hydrogen-bond acceptors (Lipinski definition) is 5. The molecule has 0 N–H and O–H groups in total. The molecule has 0 unspecified atom stereocenters. The minimum absolute atomic E-state index is 0.100. The maximum atomic E-state index is 12.1. The van der Waals surface area contributed by atoms with Gasteiger partial charge in [-0.05, 0) is 6.42 Å². The molecule has 0 radical (unpaired) electrons. The van der Waals surface area contributed by atoms with Crippen LogP contribution in [0.2, 0.25) is 0 Å². The van der Waals surface area contributed by atoms with Gasteiger partial charge in [0.25, 0.3) is 5.95 Å². The molecule has 1 rings (SSSR count). The largest absolute Gasteiger partial charge is 0.468 e. The Hall–Kier alpha value is -1.91. The lowest BCUT2D eigenvalue weighted by molar-refractivity contribution is 0.0964. The molecule has 0 aliphatic heterocycles. The molecule has 0 saturated heterocycles. The number of carbonyl (C=O) groups is 2. The summed E-state index contributed by atoms with van der Waals surface area (Å²) in [6.07, 6.45) is 7.05. The average Bonchev–Trinajstić information content (AvgIpc) is 2.49. The zero-order valence-corrected chi connectivity index (χ0v) is 12.6. The summed E-state index contributed by atoms with van der Waals surface area (Å²) in [6.45, 7) is 2.15. The summed E-state index contributed by atoms with van der Waals surface area (Å²) in [5.74, 6) is -0.623. The van der Waals surface area contributed by atoms with Crippen LogP contribution in [0.1, 0.15) is 72.8 Å². The molecule has 0 amide bonds. The first kappa shape index (κ1) is 17.1. The van der Waals surface area contributed by atoms with Crippen LogP contribution in [-0.4, -0.2) is 19.2 Å². The molecule has 1 heterocycles. The summed E-state index contributed by atoms with van der Waals surface area (Å²) in [7, 11) is 1.30. The molecule has 1 aromatic rings. The van der Waals surface area contributed by atoms with Gasteiger partial charge in [0.15, 0.2) is 23.3 Å². The lowest BCUT2D eigenvalue weighted by atomic mass is 10.0. The highest BCUT2D eigenvalue weighted by Gasteiger charge is 2.19. The first-order valence-corrected chi connectivity index (χ1v) is 7.34. The summed E-state index contributed by atoms with van der Waals surface area (Å²) >= 11 is 0. The smallest absolute Gasteiger partial charge is 0.299 e. The fraction of sp³-hybridized carbons (Fsp3) is 0.562. The third kappa shape index (κ3) is 5.17. The Morgan fingerprint density at radius 2 is 1.90 bits per heavy atom. The highest BCUT2D eigenvalue weighted by molar-refractivity contribution is 5.98. The Bertz CT molecular complexity index is 530. The van der Waals surface area contributed by atoms with Gasteiger partial charge >= 0.3 is 0 Å². The van der Waals surface area contributed by atoms with Crippen LogP contribution in [0.3, 0.4) is 0 Å². The summed E-state index contributed by atoms with van der Waals surface area (Å²) in [5.41, 5.74) is -0.632. The minimum atomic E-state index is -0.531. The van der Waals surface area contributed by atoms with Crippen molar-refractivity contribution in [2.24, 2.45) is 0 Å². The van der Waals surface area contributed by atoms with E-state index in [0.717, 1.165) is 25.3 Å². The molecule has 0 spiro atoms. The molecule has 21 heavy (non-hydrogen) atoms. The fourth-order valence-electron chi connectivity index (χ4n) is 2.13. The first-order chi connectivity index (χ1) is 10.1. The lowest BCUT2D eigenvalue weighted by Gasteiger charge is -2.06. The molecule has 5 heteroatoms. The van der Waals surface area contributed by atoms with Gasteiger partial charge in [0, 0.05) is 12.5 Å². The first-order valence-electron chi connectivity index (χ1n) is 7.34. The Kier molecular flexibility index (Phi) is 7.43. The molecule has 1 aromatic heterocycles. The second-order valence-corrected chi connectivity index (χ2v) is 4.94. The van der Waals surface area contributed by atoms with Crippen molar-refractivity contribution in [2.75, 3.05) is 7.11 Å². The van der Waals surface area contributed by atoms with Crippen LogP contribution in [0.5, 0.6) is 5.95 Å². The number of methoxy groups -OCH3 is 1. The highest BCUT2D eigenvalue weighted by atomic mass is 16.6. The van der Waals surface area contributed by atoms with Crippen molar-refractivity contribution in [1.29, 1.82) is 0 Å². The van der Waals surface area contributed by atoms with E-state index in [0.29, 0.717) is 6.29 Å². The average molecular weight is 294 g/mol. The number of aldehydes is 1. The van der Waals surface area contributed by atoms with E-state index in [2.05, 4.69) is 6.92 Å². The maximum Gasteiger partial charge on any atom is 0.299 e. The van der Waals surface area contributed by atoms with Crippen molar-refractivity contribution in [3.8, 4) is 5.95 Å². The number of ketones is 1. The van der Waals surface area contributed by atoms with Gasteiger partial charge in [-0.2, -0.15) is 0 Å². The van der Waals surface area contributed by atoms with E-state index in [1.807, 2.05) is 0 Å². The maximum absolute atomic E-state index is 12.1. The molecule has 116 valence electrons. The Morgan fingerprint density at radius 3 is 2.52 bits per heavy atom. The third-order valence-electron chi connectivity index (χ3n) is 3.27. The SMILES string of the molecule is CCCCCCCCC(=O)c1c(OC)oc(C=O)cc1=O. The molecule has 0 aliphatic rings. The van der Waals surface area contributed by atoms with Crippen molar-refractivity contribution < 1.29 is 18.7 Å². The van der Waals surface area contributed by atoms with E-state index in [4.69, 9.17) is 9.15 Å². The van der Waals surface area contributed by atoms with Gasteiger partial charge in [0.05, 0.1) is 7.11 Å². The lowest BCUT2D eigenvalue weighted by Crippen LogP contribution is -2.16. The highest BCUT2D eigenvalue weighted by Crippen LogP contribution is 2.19. The topological polar surface area (TPSA) is 73.6 Å². The van der Waals surface area contributed by atoms with E-state index in [-0.39, 0.29) is 29.5 Å². The summed E-state index contributed by atoms with van der Waals surface area (Å²) < 4.78 is 9.96. The van der Waals surface area contributed by atoms with Gasteiger partial charge in [-0.3, -0.25) is 14.4 Å². The zero-order valence-electron chi connectivity index (χ0n) is 12.6. The van der Waals surface area contributed by atoms with E-state index >= 15 is 0 Å². The van der Waals surface area contributed by atoms with Crippen molar-refractivity contribution in [3.05, 3.63) is 27.6 Å². The van der Waals surface area contributed by atoms with E-state index in [9.17, 15) is 14.4 Å². The van der Waals surface area contributed by atoms with Gasteiger partial charge in [-0.1, -0.05) is 39.0 Å². The minimum Gasteiger partial charge on any atom is -0.468 e. The number of hydrogen-bond donors (Lipinski definition) is 0. The normalized spacial score (nSPS) is 10.4. The van der Waals surface area contributed by atoms with Crippen LogP contribution < -0.4 is 10.2 Å². The van der Waals surface area contributed by atoms with Crippen LogP contribution in [0.15, 0.2) is 15.3 Å². The predicted molar refractivity (Wildman–Crippen MR) is 79.2 cm³/mol. The van der Waals surface area contributed by atoms with Crippen LogP contribution in [0, 0.1) is 0 Å². The number of ether oxygens (including phenoxy) is 1. The van der Waals surface area contributed by atoms with Crippen molar-refractivity contribution >= 4 is 12.1 Å². The molecule has 0 aliphatic carbocycles. The van der Waals surface area contributed by atoms with Gasteiger partial charge in [-0.25, -0.2) is 0 Å². The van der Waals surface area contributed by atoms with Gasteiger partial charge < -0.3 is 9.15 Å². The Balaban J connectivity index is 2.65. The number of carbonyl (C=O) groups excluding carboxylic acids is 2. The molecule has 0 saturated carbocycles. The van der Waals surface area contributed by atoms with Crippen molar-refractivity contribution in [3.63, 3.8) is 0 Å². The zero-order chi connectivity index (χ0) is 15.7. The molecule has 0 bridgehead atoms. The van der Waals surface area contributed by atoms with Crippen LogP contribution >= 0.6 is 0 Å². The van der Waals surface area contributed by atoms with E-state index in [1.54, 1.807) is 0 Å². The standard InChI is InChI=1S/C16H22O5/c1-3-4-5-6-7-8-9-13(18)15-14(19)10-12(11-17)21-16(15)20-2/h10-11H,3-9H2,1-2H3. The second kappa shape index (κ2) is 9.10. The van der Waals surface area contributed by atoms with Crippen LogP contribution in [0.25, 0.3) is 0 Å². The Labute approximate surface area is 124 Å². The molecular formula is C16H22O5. The number of rotatable bonds is 10.